The van der Waals surface area contributed by atoms with Gasteiger partial charge in [0.15, 0.2) is 0 Å². The summed E-state index contributed by atoms with van der Waals surface area (Å²) in [5.74, 6) is -0.696. The van der Waals surface area contributed by atoms with Crippen molar-refractivity contribution in [1.82, 2.24) is 0 Å². The van der Waals surface area contributed by atoms with Gasteiger partial charge in [-0.15, -0.1) is 0 Å². The Morgan fingerprint density at radius 3 is 2.07 bits per heavy atom. The second kappa shape index (κ2) is 4.68. The van der Waals surface area contributed by atoms with E-state index < -0.39 is 11.9 Å². The van der Waals surface area contributed by atoms with Gasteiger partial charge in [0.2, 0.25) is 0 Å². The molecule has 0 aliphatic carbocycles. The lowest BCUT2D eigenvalue weighted by Crippen LogP contribution is -2.08. The Kier molecular flexibility index (Phi) is 3.55. The fourth-order valence-corrected chi connectivity index (χ4v) is 1.17. The molecule has 4 heteroatoms. The molecule has 1 aromatic carbocycles. The predicted molar refractivity (Wildman–Crippen MR) is 55.3 cm³/mol. The van der Waals surface area contributed by atoms with Gasteiger partial charge in [-0.05, 0) is 24.6 Å². The Bertz CT molecular complexity index is 337. The highest BCUT2D eigenvalue weighted by Gasteiger charge is 2.15. The Hall–Kier alpha value is -1.71. The van der Waals surface area contributed by atoms with Crippen LogP contribution in [0.25, 0.3) is 0 Å². The quantitative estimate of drug-likeness (QED) is 0.820. The van der Waals surface area contributed by atoms with Crippen molar-refractivity contribution in [3.63, 3.8) is 0 Å². The lowest BCUT2D eigenvalue weighted by Gasteiger charge is -2.10. The zero-order chi connectivity index (χ0) is 11.4. The SMILES string of the molecule is [CH2]C(C(=O)O)c1cc(OC)cc(OC)c1. The van der Waals surface area contributed by atoms with Gasteiger partial charge in [0.25, 0.3) is 0 Å². The van der Waals surface area contributed by atoms with E-state index in [1.165, 1.54) is 14.2 Å². The van der Waals surface area contributed by atoms with Crippen LogP contribution in [0.1, 0.15) is 11.5 Å². The van der Waals surface area contributed by atoms with Gasteiger partial charge < -0.3 is 14.6 Å². The summed E-state index contributed by atoms with van der Waals surface area (Å²) in [6, 6.07) is 4.95. The van der Waals surface area contributed by atoms with E-state index in [0.717, 1.165) is 0 Å². The summed E-state index contributed by atoms with van der Waals surface area (Å²) >= 11 is 0. The van der Waals surface area contributed by atoms with Gasteiger partial charge in [-0.1, -0.05) is 0 Å². The first-order chi connectivity index (χ1) is 7.08. The van der Waals surface area contributed by atoms with Crippen molar-refractivity contribution >= 4 is 5.97 Å². The van der Waals surface area contributed by atoms with Crippen molar-refractivity contribution < 1.29 is 19.4 Å². The Morgan fingerprint density at radius 1 is 1.27 bits per heavy atom. The summed E-state index contributed by atoms with van der Waals surface area (Å²) in [6.07, 6.45) is 0. The topological polar surface area (TPSA) is 55.8 Å². The van der Waals surface area contributed by atoms with Gasteiger partial charge in [0.05, 0.1) is 20.1 Å². The molecule has 0 aromatic heterocycles. The number of hydrogen-bond acceptors (Lipinski definition) is 3. The van der Waals surface area contributed by atoms with Crippen molar-refractivity contribution in [3.8, 4) is 11.5 Å². The van der Waals surface area contributed by atoms with Gasteiger partial charge in [-0.3, -0.25) is 4.79 Å². The van der Waals surface area contributed by atoms with E-state index in [1.807, 2.05) is 0 Å². The third kappa shape index (κ3) is 2.62. The Balaban J connectivity index is 3.11. The van der Waals surface area contributed by atoms with Crippen molar-refractivity contribution in [3.05, 3.63) is 30.7 Å². The lowest BCUT2D eigenvalue weighted by atomic mass is 10.0. The fraction of sp³-hybridized carbons (Fsp3) is 0.273. The minimum absolute atomic E-state index is 0.554. The summed E-state index contributed by atoms with van der Waals surface area (Å²) in [4.78, 5) is 10.8. The molecule has 1 atom stereocenters. The molecule has 0 saturated carbocycles. The molecule has 0 aliphatic heterocycles. The molecule has 1 N–H and O–H groups in total. The summed E-state index contributed by atoms with van der Waals surface area (Å²) in [6.45, 7) is 3.55. The summed E-state index contributed by atoms with van der Waals surface area (Å²) < 4.78 is 10.1. The first-order valence-electron chi connectivity index (χ1n) is 4.37. The summed E-state index contributed by atoms with van der Waals surface area (Å²) in [7, 11) is 3.02. The van der Waals surface area contributed by atoms with Crippen LogP contribution in [0.2, 0.25) is 0 Å². The molecule has 4 nitrogen and oxygen atoms in total. The zero-order valence-electron chi connectivity index (χ0n) is 8.69. The molecular weight excluding hydrogens is 196 g/mol. The first kappa shape index (κ1) is 11.4. The third-order valence-corrected chi connectivity index (χ3v) is 2.07. The van der Waals surface area contributed by atoms with E-state index >= 15 is 0 Å². The van der Waals surface area contributed by atoms with E-state index in [2.05, 4.69) is 6.92 Å². The largest absolute Gasteiger partial charge is 0.497 e. The van der Waals surface area contributed by atoms with Crippen LogP contribution in [-0.4, -0.2) is 25.3 Å². The van der Waals surface area contributed by atoms with Crippen LogP contribution in [0.3, 0.4) is 0 Å². The molecule has 1 rings (SSSR count). The third-order valence-electron chi connectivity index (χ3n) is 2.07. The number of carbonyl (C=O) groups is 1. The van der Waals surface area contributed by atoms with Crippen LogP contribution < -0.4 is 9.47 Å². The van der Waals surface area contributed by atoms with Crippen molar-refractivity contribution in [2.75, 3.05) is 14.2 Å². The number of aliphatic carboxylic acids is 1. The Morgan fingerprint density at radius 2 is 1.73 bits per heavy atom. The van der Waals surface area contributed by atoms with Crippen LogP contribution in [0.15, 0.2) is 18.2 Å². The monoisotopic (exact) mass is 209 g/mol. The van der Waals surface area contributed by atoms with E-state index in [-0.39, 0.29) is 0 Å². The molecule has 0 amide bonds. The maximum atomic E-state index is 10.8. The van der Waals surface area contributed by atoms with E-state index in [1.54, 1.807) is 18.2 Å². The first-order valence-corrected chi connectivity index (χ1v) is 4.37. The number of hydrogen-bond donors (Lipinski definition) is 1. The second-order valence-corrected chi connectivity index (χ2v) is 3.04. The van der Waals surface area contributed by atoms with Crippen molar-refractivity contribution in [2.24, 2.45) is 0 Å². The number of ether oxygens (including phenoxy) is 2. The van der Waals surface area contributed by atoms with E-state index in [4.69, 9.17) is 14.6 Å². The van der Waals surface area contributed by atoms with Gasteiger partial charge in [0, 0.05) is 6.07 Å². The molecule has 0 spiro atoms. The normalized spacial score (nSPS) is 11.9. The average Bonchev–Trinajstić information content (AvgIpc) is 2.27. The van der Waals surface area contributed by atoms with Crippen LogP contribution in [0.5, 0.6) is 11.5 Å². The lowest BCUT2D eigenvalue weighted by molar-refractivity contribution is -0.137. The Labute approximate surface area is 88.4 Å². The molecule has 0 fully saturated rings. The molecule has 15 heavy (non-hydrogen) atoms. The number of carboxylic acids is 1. The second-order valence-electron chi connectivity index (χ2n) is 3.04. The zero-order valence-corrected chi connectivity index (χ0v) is 8.69. The highest BCUT2D eigenvalue weighted by molar-refractivity contribution is 5.77. The molecule has 0 aliphatic rings. The molecule has 0 saturated heterocycles. The van der Waals surface area contributed by atoms with Gasteiger partial charge in [0.1, 0.15) is 11.5 Å². The minimum Gasteiger partial charge on any atom is -0.497 e. The molecular formula is C11H13O4. The van der Waals surface area contributed by atoms with Crippen molar-refractivity contribution in [2.45, 2.75) is 5.92 Å². The minimum atomic E-state index is -0.981. The summed E-state index contributed by atoms with van der Waals surface area (Å²) in [5, 5.41) is 8.82. The van der Waals surface area contributed by atoms with Gasteiger partial charge in [-0.2, -0.15) is 0 Å². The maximum Gasteiger partial charge on any atom is 0.310 e. The predicted octanol–water partition coefficient (Wildman–Crippen LogP) is 1.71. The van der Waals surface area contributed by atoms with Gasteiger partial charge >= 0.3 is 5.97 Å². The van der Waals surface area contributed by atoms with Crippen molar-refractivity contribution in [1.29, 1.82) is 0 Å². The number of carboxylic acid groups (broad SMARTS) is 1. The van der Waals surface area contributed by atoms with Crippen LogP contribution >= 0.6 is 0 Å². The number of benzene rings is 1. The smallest absolute Gasteiger partial charge is 0.310 e. The van der Waals surface area contributed by atoms with E-state index in [9.17, 15) is 4.79 Å². The van der Waals surface area contributed by atoms with Crippen LogP contribution in [0, 0.1) is 6.92 Å². The van der Waals surface area contributed by atoms with Crippen LogP contribution in [-0.2, 0) is 4.79 Å². The number of methoxy groups -OCH3 is 2. The highest BCUT2D eigenvalue weighted by atomic mass is 16.5. The molecule has 81 valence electrons. The number of rotatable bonds is 4. The van der Waals surface area contributed by atoms with Gasteiger partial charge in [-0.25, -0.2) is 0 Å². The average molecular weight is 209 g/mol. The molecule has 0 bridgehead atoms. The molecule has 0 heterocycles. The fourth-order valence-electron chi connectivity index (χ4n) is 1.17. The summed E-state index contributed by atoms with van der Waals surface area (Å²) in [5.41, 5.74) is 0.554. The molecule has 1 radical (unpaired) electrons. The van der Waals surface area contributed by atoms with E-state index in [0.29, 0.717) is 17.1 Å². The van der Waals surface area contributed by atoms with Crippen LogP contribution in [0.4, 0.5) is 0 Å². The standard InChI is InChI=1S/C11H13O4/c1-7(11(12)13)8-4-9(14-2)6-10(5-8)15-3/h4-7H,1H2,2-3H3,(H,12,13). The molecule has 1 aromatic rings. The highest BCUT2D eigenvalue weighted by Crippen LogP contribution is 2.27. The maximum absolute atomic E-state index is 10.8. The molecule has 1 unspecified atom stereocenters.